The monoisotopic (exact) mass is 867 g/mol. The maximum Gasteiger partial charge on any atom is 0.407 e. The summed E-state index contributed by atoms with van der Waals surface area (Å²) >= 11 is 0. The molecule has 1 aromatic heterocycles. The van der Waals surface area contributed by atoms with Crippen LogP contribution in [0.1, 0.15) is 75.3 Å². The number of methoxy groups -OCH3 is 4. The van der Waals surface area contributed by atoms with Crippen molar-refractivity contribution in [2.75, 3.05) is 73.1 Å². The Labute approximate surface area is 368 Å². The van der Waals surface area contributed by atoms with Crippen LogP contribution in [0.3, 0.4) is 0 Å². The van der Waals surface area contributed by atoms with Crippen LogP contribution in [0.25, 0.3) is 10.9 Å². The third-order valence-corrected chi connectivity index (χ3v) is 16.2. The predicted molar refractivity (Wildman–Crippen MR) is 234 cm³/mol. The van der Waals surface area contributed by atoms with Gasteiger partial charge in [0, 0.05) is 90.9 Å². The molecule has 3 N–H and O–H groups in total. The molecule has 2 saturated heterocycles. The molecule has 1 spiro atoms. The number of anilines is 1. The molecule has 1 unspecified atom stereocenters. The first-order valence-corrected chi connectivity index (χ1v) is 22.3. The van der Waals surface area contributed by atoms with Gasteiger partial charge >= 0.3 is 24.0 Å². The zero-order valence-corrected chi connectivity index (χ0v) is 37.7. The number of aromatic nitrogens is 1. The summed E-state index contributed by atoms with van der Waals surface area (Å²) in [5.74, 6) is -1.65. The first-order valence-electron chi connectivity index (χ1n) is 22.3. The maximum atomic E-state index is 15.5. The highest BCUT2D eigenvalue weighted by Crippen LogP contribution is 2.68. The molecule has 1 amide bonds. The largest absolute Gasteiger partial charge is 0.496 e. The van der Waals surface area contributed by atoms with Gasteiger partial charge in [-0.1, -0.05) is 44.2 Å². The number of carbonyl (C=O) groups is 4. The summed E-state index contributed by atoms with van der Waals surface area (Å²) in [4.78, 5) is 66.5. The van der Waals surface area contributed by atoms with E-state index in [0.29, 0.717) is 82.6 Å². The molecule has 1 saturated carbocycles. The van der Waals surface area contributed by atoms with Crippen LogP contribution in [-0.2, 0) is 50.6 Å². The van der Waals surface area contributed by atoms with Gasteiger partial charge in [-0.2, -0.15) is 0 Å². The van der Waals surface area contributed by atoms with Gasteiger partial charge in [-0.3, -0.25) is 14.5 Å². The Morgan fingerprint density at radius 1 is 0.937 bits per heavy atom. The number of alkyl carbamates (subject to hydrolysis) is 1. The van der Waals surface area contributed by atoms with Gasteiger partial charge in [0.1, 0.15) is 11.2 Å². The van der Waals surface area contributed by atoms with E-state index in [-0.39, 0.29) is 12.0 Å². The van der Waals surface area contributed by atoms with E-state index in [4.69, 9.17) is 23.7 Å². The lowest BCUT2D eigenvalue weighted by Crippen LogP contribution is -2.81. The van der Waals surface area contributed by atoms with Crippen molar-refractivity contribution in [2.45, 2.75) is 99.5 Å². The summed E-state index contributed by atoms with van der Waals surface area (Å²) in [5.41, 5.74) is -1.56. The van der Waals surface area contributed by atoms with Crippen LogP contribution >= 0.6 is 0 Å². The van der Waals surface area contributed by atoms with E-state index in [9.17, 15) is 19.5 Å². The quantitative estimate of drug-likeness (QED) is 0.166. The van der Waals surface area contributed by atoms with Crippen LogP contribution in [0.4, 0.5) is 10.5 Å². The number of aromatic amines is 1. The van der Waals surface area contributed by atoms with Crippen LogP contribution in [0, 0.1) is 11.3 Å². The average Bonchev–Trinajstić information content (AvgIpc) is 3.95. The van der Waals surface area contributed by atoms with Crippen LogP contribution in [-0.4, -0.2) is 141 Å². The third-order valence-electron chi connectivity index (χ3n) is 16.2. The Balaban J connectivity index is 1.34. The molecule has 9 rings (SSSR count). The Hall–Kier alpha value is -5.12. The molecule has 15 heteroatoms. The molecule has 6 heterocycles. The van der Waals surface area contributed by atoms with Crippen molar-refractivity contribution in [3.8, 4) is 5.75 Å². The van der Waals surface area contributed by atoms with Gasteiger partial charge in [-0.25, -0.2) is 9.59 Å². The summed E-state index contributed by atoms with van der Waals surface area (Å²) in [5, 5.41) is 17.6. The number of benzene rings is 2. The molecule has 1 aliphatic carbocycles. The number of H-pyrrole nitrogens is 1. The maximum absolute atomic E-state index is 15.5. The Kier molecular flexibility index (Phi) is 10.5. The number of ether oxygens (including phenoxy) is 5. The van der Waals surface area contributed by atoms with Gasteiger partial charge in [0.15, 0.2) is 6.10 Å². The van der Waals surface area contributed by atoms with E-state index in [1.807, 2.05) is 55.3 Å². The average molecular weight is 868 g/mol. The molecule has 338 valence electrons. The van der Waals surface area contributed by atoms with Gasteiger partial charge in [-0.15, -0.1) is 0 Å². The summed E-state index contributed by atoms with van der Waals surface area (Å²) in [7, 11) is 7.50. The zero-order chi connectivity index (χ0) is 44.9. The van der Waals surface area contributed by atoms with E-state index in [1.54, 1.807) is 7.11 Å². The van der Waals surface area contributed by atoms with Crippen LogP contribution in [0.2, 0.25) is 0 Å². The third kappa shape index (κ3) is 5.80. The summed E-state index contributed by atoms with van der Waals surface area (Å²) in [6, 6.07) is 10.9. The molecule has 15 nitrogen and oxygen atoms in total. The number of hydrogen-bond donors (Lipinski definition) is 3. The second-order valence-corrected chi connectivity index (χ2v) is 18.9. The number of amides is 1. The smallest absolute Gasteiger partial charge is 0.407 e. The minimum absolute atomic E-state index is 0.124. The minimum atomic E-state index is -2.32. The van der Waals surface area contributed by atoms with Crippen molar-refractivity contribution in [1.29, 1.82) is 0 Å². The Morgan fingerprint density at radius 3 is 2.38 bits per heavy atom. The number of piperidine rings is 1. The molecule has 10 atom stereocenters. The summed E-state index contributed by atoms with van der Waals surface area (Å²) < 4.78 is 29.2. The Bertz CT molecular complexity index is 2400. The lowest BCUT2D eigenvalue weighted by Gasteiger charge is -2.63. The fourth-order valence-electron chi connectivity index (χ4n) is 14.0. The number of rotatable bonds is 8. The lowest BCUT2D eigenvalue weighted by atomic mass is 9.47. The van der Waals surface area contributed by atoms with Crippen LogP contribution < -0.4 is 15.0 Å². The lowest BCUT2D eigenvalue weighted by molar-refractivity contribution is -0.228. The van der Waals surface area contributed by atoms with Crippen LogP contribution in [0.15, 0.2) is 48.6 Å². The number of likely N-dealkylation sites (N-methyl/N-ethyl adjacent to an activating group) is 1. The van der Waals surface area contributed by atoms with E-state index in [2.05, 4.69) is 39.2 Å². The van der Waals surface area contributed by atoms with Gasteiger partial charge in [0.25, 0.3) is 0 Å². The highest BCUT2D eigenvalue weighted by atomic mass is 16.6. The van der Waals surface area contributed by atoms with Gasteiger partial charge in [0.2, 0.25) is 5.60 Å². The molecule has 6 aliphatic rings. The molecule has 0 radical (unpaired) electrons. The van der Waals surface area contributed by atoms with Crippen molar-refractivity contribution in [3.63, 3.8) is 0 Å². The summed E-state index contributed by atoms with van der Waals surface area (Å²) in [6.07, 6.45) is 5.46. The van der Waals surface area contributed by atoms with Gasteiger partial charge < -0.3 is 48.9 Å². The van der Waals surface area contributed by atoms with Gasteiger partial charge in [0.05, 0.1) is 40.0 Å². The fraction of sp³-hybridized carbons (Fsp3) is 0.583. The number of esters is 3. The highest BCUT2D eigenvalue weighted by Gasteiger charge is 2.80. The topological polar surface area (TPSA) is 172 Å². The van der Waals surface area contributed by atoms with Crippen LogP contribution in [0.5, 0.6) is 5.75 Å². The number of nitrogens with zero attached hydrogens (tertiary/aromatic N) is 3. The molecule has 2 aromatic carbocycles. The number of fused-ring (bicyclic) bond motifs is 6. The molecule has 63 heavy (non-hydrogen) atoms. The van der Waals surface area contributed by atoms with E-state index < -0.39 is 63.5 Å². The molecular formula is C48H61N5O10. The minimum Gasteiger partial charge on any atom is -0.496 e. The van der Waals surface area contributed by atoms with Crippen molar-refractivity contribution in [1.82, 2.24) is 20.1 Å². The van der Waals surface area contributed by atoms with Crippen molar-refractivity contribution < 1.29 is 48.0 Å². The predicted octanol–water partition coefficient (Wildman–Crippen LogP) is 4.35. The number of aliphatic hydroxyl groups is 1. The highest BCUT2D eigenvalue weighted by molar-refractivity contribution is 5.95. The second-order valence-electron chi connectivity index (χ2n) is 18.9. The van der Waals surface area contributed by atoms with Crippen molar-refractivity contribution in [2.24, 2.45) is 11.3 Å². The van der Waals surface area contributed by atoms with Gasteiger partial charge in [-0.05, 0) is 74.2 Å². The fourth-order valence-corrected chi connectivity index (χ4v) is 14.0. The molecule has 5 aliphatic heterocycles. The van der Waals surface area contributed by atoms with E-state index in [0.717, 1.165) is 33.4 Å². The zero-order valence-electron chi connectivity index (χ0n) is 37.7. The number of nitrogens with one attached hydrogen (secondary N) is 2. The molecular weight excluding hydrogens is 807 g/mol. The van der Waals surface area contributed by atoms with Crippen molar-refractivity contribution >= 4 is 40.6 Å². The second kappa shape index (κ2) is 15.3. The number of carbonyl (C=O) groups excluding carboxylic acids is 4. The van der Waals surface area contributed by atoms with E-state index in [1.165, 1.54) is 28.3 Å². The first-order chi connectivity index (χ1) is 30.2. The summed E-state index contributed by atoms with van der Waals surface area (Å²) in [6.45, 7) is 8.65. The standard InChI is InChI=1S/C48H61N5O10/c1-9-44(50-43(57)62-8)24-29-25-47(41(55)60-6,37-31(16-20-52(26-29)27-44)30-14-11-12-15-34(30)49-37)33-22-32-35(23-36(33)59-5)51(4)39-46(32)18-21-53-19-13-17-45(10-2,38(46)53)40(63-28(3)54)48(39,58)42(56)61-7/h11-15,17,22-23,29,38-40,49,58H,9-10,16,18-21,24-27H2,1-8H3,(H,50,57)/t29-,38+,39-,40-,44+,45-,46-,47+,48+/m1/s1. The van der Waals surface area contributed by atoms with Crippen molar-refractivity contribution in [3.05, 3.63) is 70.9 Å². The van der Waals surface area contributed by atoms with E-state index >= 15 is 4.79 Å². The normalized spacial score (nSPS) is 35.2. The molecule has 3 aromatic rings. The SMILES string of the molecule is CC[C@]1(NC(=O)OC)C[C@H]2CN(CCc3c([nH]c4ccccc34)[C@@](C(=O)OC)(c3cc4c(cc3OC)N(C)[C@H]3[C@@](O)(C(=O)OC)[C@H](OC(C)=O)[C@]5(CC)C=CCN6CC[C@]43[C@@H]65)C2)C1. The number of para-hydroxylation sites is 1. The molecule has 2 bridgehead atoms. The number of hydrogen-bond acceptors (Lipinski definition) is 13. The molecule has 3 fully saturated rings. The Morgan fingerprint density at radius 2 is 1.70 bits per heavy atom. The first kappa shape index (κ1) is 43.1.